The number of rotatable bonds is 6. The van der Waals surface area contributed by atoms with Crippen molar-refractivity contribution in [3.05, 3.63) is 0 Å². The van der Waals surface area contributed by atoms with Crippen LogP contribution in [0.15, 0.2) is 0 Å². The maximum absolute atomic E-state index is 11.8. The molecule has 2 unspecified atom stereocenters. The van der Waals surface area contributed by atoms with Crippen molar-refractivity contribution in [3.63, 3.8) is 0 Å². The van der Waals surface area contributed by atoms with E-state index >= 15 is 0 Å². The molecule has 0 aromatic heterocycles. The topological polar surface area (TPSA) is 46.2 Å². The third-order valence-electron chi connectivity index (χ3n) is 4.38. The van der Waals surface area contributed by atoms with Crippen molar-refractivity contribution >= 4 is 9.84 Å². The van der Waals surface area contributed by atoms with Crippen LogP contribution in [-0.4, -0.2) is 32.5 Å². The number of hydrogen-bond acceptors (Lipinski definition) is 3. The molecule has 0 radical (unpaired) electrons. The van der Waals surface area contributed by atoms with Crippen molar-refractivity contribution in [2.75, 3.05) is 12.8 Å². The summed E-state index contributed by atoms with van der Waals surface area (Å²) in [7, 11) is -2.96. The van der Waals surface area contributed by atoms with E-state index in [-0.39, 0.29) is 11.3 Å². The molecule has 1 fully saturated rings. The highest BCUT2D eigenvalue weighted by Crippen LogP contribution is 2.32. The summed E-state index contributed by atoms with van der Waals surface area (Å²) in [6.45, 7) is 7.19. The normalized spacial score (nSPS) is 28.9. The van der Waals surface area contributed by atoms with Crippen LogP contribution in [-0.2, 0) is 9.84 Å². The minimum Gasteiger partial charge on any atom is -0.312 e. The zero-order valence-electron chi connectivity index (χ0n) is 12.3. The minimum absolute atomic E-state index is 0.132. The Kier molecular flexibility index (Phi) is 6.12. The molecule has 0 aromatic rings. The van der Waals surface area contributed by atoms with Crippen molar-refractivity contribution < 1.29 is 8.42 Å². The van der Waals surface area contributed by atoms with E-state index in [9.17, 15) is 8.42 Å². The predicted octanol–water partition coefficient (Wildman–Crippen LogP) is 2.61. The highest BCUT2D eigenvalue weighted by atomic mass is 32.2. The first-order valence-electron chi connectivity index (χ1n) is 7.28. The van der Waals surface area contributed by atoms with Gasteiger partial charge in [-0.3, -0.25) is 0 Å². The summed E-state index contributed by atoms with van der Waals surface area (Å²) in [6, 6.07) is 0.132. The standard InChI is InChI=1S/C14H29NO2S/c1-5-10-15-14(12(3)18(4,16)17)13-8-6-11(2)7-9-13/h11-15H,5-10H2,1-4H3. The van der Waals surface area contributed by atoms with E-state index in [2.05, 4.69) is 19.2 Å². The monoisotopic (exact) mass is 275 g/mol. The number of hydrogen-bond donors (Lipinski definition) is 1. The average molecular weight is 275 g/mol. The van der Waals surface area contributed by atoms with Gasteiger partial charge in [-0.1, -0.05) is 26.7 Å². The molecule has 0 bridgehead atoms. The molecule has 0 saturated heterocycles. The molecular formula is C14H29NO2S. The van der Waals surface area contributed by atoms with Gasteiger partial charge in [0.2, 0.25) is 0 Å². The Labute approximate surface area is 113 Å². The quantitative estimate of drug-likeness (QED) is 0.810. The second kappa shape index (κ2) is 6.90. The first-order chi connectivity index (χ1) is 8.36. The van der Waals surface area contributed by atoms with Crippen LogP contribution in [0, 0.1) is 11.8 Å². The molecule has 4 heteroatoms. The average Bonchev–Trinajstić information content (AvgIpc) is 2.30. The largest absolute Gasteiger partial charge is 0.312 e. The van der Waals surface area contributed by atoms with Gasteiger partial charge in [-0.25, -0.2) is 8.42 Å². The van der Waals surface area contributed by atoms with Gasteiger partial charge in [0.1, 0.15) is 0 Å². The van der Waals surface area contributed by atoms with E-state index in [1.165, 1.54) is 31.9 Å². The molecule has 0 heterocycles. The van der Waals surface area contributed by atoms with E-state index in [0.29, 0.717) is 5.92 Å². The van der Waals surface area contributed by atoms with Crippen LogP contribution in [0.25, 0.3) is 0 Å². The maximum Gasteiger partial charge on any atom is 0.151 e. The number of sulfone groups is 1. The van der Waals surface area contributed by atoms with Crippen molar-refractivity contribution in [1.82, 2.24) is 5.32 Å². The minimum atomic E-state index is -2.96. The van der Waals surface area contributed by atoms with E-state index in [1.807, 2.05) is 6.92 Å². The SMILES string of the molecule is CCCNC(C1CCC(C)CC1)C(C)S(C)(=O)=O. The first-order valence-corrected chi connectivity index (χ1v) is 9.24. The molecule has 1 aliphatic carbocycles. The highest BCUT2D eigenvalue weighted by Gasteiger charge is 2.33. The third-order valence-corrected chi connectivity index (χ3v) is 6.02. The van der Waals surface area contributed by atoms with Gasteiger partial charge in [-0.05, 0) is 44.6 Å². The van der Waals surface area contributed by atoms with Crippen molar-refractivity contribution in [2.24, 2.45) is 11.8 Å². The first kappa shape index (κ1) is 16.0. The summed E-state index contributed by atoms with van der Waals surface area (Å²) in [5.74, 6) is 1.33. The van der Waals surface area contributed by atoms with Crippen LogP contribution in [0.5, 0.6) is 0 Å². The Bertz CT molecular complexity index is 332. The molecular weight excluding hydrogens is 246 g/mol. The van der Waals surface area contributed by atoms with E-state index in [1.54, 1.807) is 0 Å². The van der Waals surface area contributed by atoms with E-state index in [4.69, 9.17) is 0 Å². The lowest BCUT2D eigenvalue weighted by Gasteiger charge is -2.36. The Morgan fingerprint density at radius 1 is 1.22 bits per heavy atom. The third kappa shape index (κ3) is 4.54. The van der Waals surface area contributed by atoms with E-state index in [0.717, 1.165) is 18.9 Å². The summed E-state index contributed by atoms with van der Waals surface area (Å²) < 4.78 is 23.6. The van der Waals surface area contributed by atoms with Crippen LogP contribution in [0.4, 0.5) is 0 Å². The smallest absolute Gasteiger partial charge is 0.151 e. The Morgan fingerprint density at radius 2 is 1.78 bits per heavy atom. The highest BCUT2D eigenvalue weighted by molar-refractivity contribution is 7.91. The van der Waals surface area contributed by atoms with Crippen LogP contribution in [0.1, 0.15) is 52.9 Å². The van der Waals surface area contributed by atoms with Gasteiger partial charge >= 0.3 is 0 Å². The second-order valence-electron chi connectivity index (χ2n) is 6.03. The number of nitrogens with one attached hydrogen (secondary N) is 1. The molecule has 0 aliphatic heterocycles. The Morgan fingerprint density at radius 3 is 2.22 bits per heavy atom. The molecule has 18 heavy (non-hydrogen) atoms. The second-order valence-corrected chi connectivity index (χ2v) is 8.44. The fourth-order valence-electron chi connectivity index (χ4n) is 2.94. The zero-order chi connectivity index (χ0) is 13.8. The maximum atomic E-state index is 11.8. The van der Waals surface area contributed by atoms with Crippen molar-refractivity contribution in [2.45, 2.75) is 64.2 Å². The fourth-order valence-corrected chi connectivity index (χ4v) is 3.79. The summed E-state index contributed by atoms with van der Waals surface area (Å²) in [4.78, 5) is 0. The zero-order valence-corrected chi connectivity index (χ0v) is 13.1. The van der Waals surface area contributed by atoms with E-state index < -0.39 is 9.84 Å². The molecule has 0 amide bonds. The summed E-state index contributed by atoms with van der Waals surface area (Å²) in [5.41, 5.74) is 0. The van der Waals surface area contributed by atoms with Crippen LogP contribution >= 0.6 is 0 Å². The molecule has 1 saturated carbocycles. The lowest BCUT2D eigenvalue weighted by atomic mass is 9.78. The van der Waals surface area contributed by atoms with Gasteiger partial charge in [0.05, 0.1) is 5.25 Å². The van der Waals surface area contributed by atoms with Crippen LogP contribution in [0.3, 0.4) is 0 Å². The summed E-state index contributed by atoms with van der Waals surface area (Å²) >= 11 is 0. The van der Waals surface area contributed by atoms with Gasteiger partial charge in [0.25, 0.3) is 0 Å². The molecule has 0 spiro atoms. The van der Waals surface area contributed by atoms with Gasteiger partial charge in [0.15, 0.2) is 9.84 Å². The lowest BCUT2D eigenvalue weighted by molar-refractivity contribution is 0.227. The fraction of sp³-hybridized carbons (Fsp3) is 1.00. The molecule has 2 atom stereocenters. The molecule has 0 aromatic carbocycles. The Balaban J connectivity index is 2.71. The van der Waals surface area contributed by atoms with Crippen molar-refractivity contribution in [1.29, 1.82) is 0 Å². The van der Waals surface area contributed by atoms with Crippen molar-refractivity contribution in [3.8, 4) is 0 Å². The molecule has 1 aliphatic rings. The molecule has 1 rings (SSSR count). The van der Waals surface area contributed by atoms with Gasteiger partial charge in [0, 0.05) is 12.3 Å². The summed E-state index contributed by atoms with van der Waals surface area (Å²) in [6.07, 6.45) is 7.24. The Hall–Kier alpha value is -0.0900. The summed E-state index contributed by atoms with van der Waals surface area (Å²) in [5, 5.41) is 3.21. The predicted molar refractivity (Wildman–Crippen MR) is 77.5 cm³/mol. The van der Waals surface area contributed by atoms with Gasteiger partial charge in [-0.2, -0.15) is 0 Å². The molecule has 3 nitrogen and oxygen atoms in total. The van der Waals surface area contributed by atoms with Crippen LogP contribution < -0.4 is 5.32 Å². The van der Waals surface area contributed by atoms with Gasteiger partial charge < -0.3 is 5.32 Å². The molecule has 1 N–H and O–H groups in total. The van der Waals surface area contributed by atoms with Gasteiger partial charge in [-0.15, -0.1) is 0 Å². The molecule has 108 valence electrons. The lowest BCUT2D eigenvalue weighted by Crippen LogP contribution is -2.48. The van der Waals surface area contributed by atoms with Crippen LogP contribution in [0.2, 0.25) is 0 Å².